The van der Waals surface area contributed by atoms with Crippen LogP contribution in [0, 0.1) is 0 Å². The minimum absolute atomic E-state index is 0.268. The highest BCUT2D eigenvalue weighted by molar-refractivity contribution is 6.16. The number of nitrogens with two attached hydrogens (primary N) is 1. The van der Waals surface area contributed by atoms with E-state index in [1.165, 1.54) is 0 Å². The maximum atomic E-state index is 14.8. The van der Waals surface area contributed by atoms with Gasteiger partial charge >= 0.3 is 6.18 Å². The minimum atomic E-state index is -4.55. The van der Waals surface area contributed by atoms with Gasteiger partial charge in [-0.25, -0.2) is 0 Å². The number of amides is 1. The third-order valence-electron chi connectivity index (χ3n) is 8.99. The summed E-state index contributed by atoms with van der Waals surface area (Å²) in [5, 5.41) is 2.15. The Bertz CT molecular complexity index is 1760. The number of hydrogen-bond donors (Lipinski definition) is 2. The quantitative estimate of drug-likeness (QED) is 0.189. The predicted octanol–water partition coefficient (Wildman–Crippen LogP) is 7.39. The summed E-state index contributed by atoms with van der Waals surface area (Å²) in [5.41, 5.74) is 13.2. The second-order valence-electron chi connectivity index (χ2n) is 12.0. The monoisotopic (exact) mass is 626 g/mol. The van der Waals surface area contributed by atoms with Crippen molar-refractivity contribution in [3.8, 4) is 22.3 Å². The Kier molecular flexibility index (Phi) is 8.95. The minimum Gasteiger partial charge on any atom is -0.355 e. The Labute approximate surface area is 266 Å². The smallest absolute Gasteiger partial charge is 0.355 e. The zero-order valence-corrected chi connectivity index (χ0v) is 25.7. The Morgan fingerprint density at radius 3 is 2.46 bits per heavy atom. The number of unbranched alkanes of at least 4 members (excludes halogenated alkanes) is 1. The lowest BCUT2D eigenvalue weighted by molar-refractivity contribution is -0.138. The molecular formula is C37H37F3N4O2. The molecule has 0 radical (unpaired) electrons. The van der Waals surface area contributed by atoms with Crippen LogP contribution in [0.2, 0.25) is 0 Å². The van der Waals surface area contributed by atoms with Gasteiger partial charge in [-0.1, -0.05) is 74.0 Å². The van der Waals surface area contributed by atoms with Crippen molar-refractivity contribution < 1.29 is 22.8 Å². The molecule has 1 aromatic heterocycles. The number of pyridine rings is 1. The summed E-state index contributed by atoms with van der Waals surface area (Å²) in [6, 6.07) is 22.4. The third-order valence-corrected chi connectivity index (χ3v) is 8.99. The summed E-state index contributed by atoms with van der Waals surface area (Å²) < 4.78 is 39.8. The number of aromatic nitrogens is 1. The number of carbonyl (C=O) groups excluding carboxylic acids is 2. The fourth-order valence-corrected chi connectivity index (χ4v) is 6.91. The molecule has 0 saturated carbocycles. The van der Waals surface area contributed by atoms with Gasteiger partial charge in [0.2, 0.25) is 11.7 Å². The summed E-state index contributed by atoms with van der Waals surface area (Å²) >= 11 is 0. The van der Waals surface area contributed by atoms with E-state index in [9.17, 15) is 22.8 Å². The van der Waals surface area contributed by atoms with E-state index in [0.717, 1.165) is 48.8 Å². The highest BCUT2D eigenvalue weighted by Crippen LogP contribution is 2.51. The van der Waals surface area contributed by atoms with Crippen molar-refractivity contribution in [2.24, 2.45) is 5.73 Å². The van der Waals surface area contributed by atoms with Crippen LogP contribution >= 0.6 is 0 Å². The van der Waals surface area contributed by atoms with Gasteiger partial charge in [-0.15, -0.1) is 0 Å². The number of piperidine rings is 1. The van der Waals surface area contributed by atoms with Gasteiger partial charge in [-0.2, -0.15) is 13.2 Å². The molecule has 0 spiro atoms. The van der Waals surface area contributed by atoms with E-state index in [1.807, 2.05) is 54.6 Å². The molecular weight excluding hydrogens is 589 g/mol. The number of alkyl halides is 3. The molecule has 2 unspecified atom stereocenters. The summed E-state index contributed by atoms with van der Waals surface area (Å²) in [4.78, 5) is 35.2. The van der Waals surface area contributed by atoms with E-state index in [0.29, 0.717) is 52.2 Å². The predicted molar refractivity (Wildman–Crippen MR) is 174 cm³/mol. The number of nitrogens with zero attached hydrogens (tertiary/aromatic N) is 2. The molecule has 6 nitrogen and oxygen atoms in total. The molecule has 238 valence electrons. The van der Waals surface area contributed by atoms with Crippen molar-refractivity contribution in [2.45, 2.75) is 63.7 Å². The van der Waals surface area contributed by atoms with Crippen LogP contribution in [0.5, 0.6) is 0 Å². The summed E-state index contributed by atoms with van der Waals surface area (Å²) in [5.74, 6) is -1.94. The molecule has 4 aromatic rings. The third kappa shape index (κ3) is 6.03. The van der Waals surface area contributed by atoms with E-state index in [4.69, 9.17) is 5.73 Å². The maximum absolute atomic E-state index is 14.8. The number of anilines is 1. The number of halogens is 3. The first-order chi connectivity index (χ1) is 22.2. The lowest BCUT2D eigenvalue weighted by atomic mass is 9.84. The highest BCUT2D eigenvalue weighted by atomic mass is 19.4. The molecule has 2 atom stereocenters. The average Bonchev–Trinajstić information content (AvgIpc) is 3.40. The Morgan fingerprint density at radius 2 is 1.72 bits per heavy atom. The lowest BCUT2D eigenvalue weighted by Crippen LogP contribution is -2.47. The summed E-state index contributed by atoms with van der Waals surface area (Å²) in [6.45, 7) is 1.25. The van der Waals surface area contributed by atoms with Gasteiger partial charge in [-0.3, -0.25) is 14.6 Å². The maximum Gasteiger partial charge on any atom is 0.405 e. The van der Waals surface area contributed by atoms with Gasteiger partial charge in [0.05, 0.1) is 17.8 Å². The summed E-state index contributed by atoms with van der Waals surface area (Å²) in [7, 11) is 0. The first-order valence-corrected chi connectivity index (χ1v) is 15.9. The van der Waals surface area contributed by atoms with E-state index >= 15 is 0 Å². The molecule has 6 rings (SSSR count). The van der Waals surface area contributed by atoms with Crippen molar-refractivity contribution in [1.82, 2.24) is 10.3 Å². The topological polar surface area (TPSA) is 88.3 Å². The molecule has 9 heteroatoms. The lowest BCUT2D eigenvalue weighted by Gasteiger charge is -2.38. The van der Waals surface area contributed by atoms with Crippen LogP contribution in [0.4, 0.5) is 18.9 Å². The van der Waals surface area contributed by atoms with Crippen molar-refractivity contribution >= 4 is 17.4 Å². The number of nitrogens with one attached hydrogen (secondary N) is 1. The van der Waals surface area contributed by atoms with Gasteiger partial charge in [0.25, 0.3) is 0 Å². The molecule has 2 heterocycles. The molecule has 1 amide bonds. The van der Waals surface area contributed by atoms with Crippen LogP contribution in [0.1, 0.15) is 77.7 Å². The number of benzene rings is 3. The molecule has 46 heavy (non-hydrogen) atoms. The van der Waals surface area contributed by atoms with E-state index in [2.05, 4.69) is 22.1 Å². The van der Waals surface area contributed by atoms with Crippen LogP contribution < -0.4 is 16.0 Å². The molecule has 3 aromatic carbocycles. The molecule has 3 N–H and O–H groups in total. The van der Waals surface area contributed by atoms with Gasteiger partial charge in [-0.05, 0) is 77.6 Å². The zero-order valence-electron chi connectivity index (χ0n) is 25.7. The second kappa shape index (κ2) is 13.1. The van der Waals surface area contributed by atoms with Crippen molar-refractivity contribution in [2.75, 3.05) is 18.0 Å². The number of fused-ring (bicyclic) bond motifs is 3. The largest absolute Gasteiger partial charge is 0.405 e. The molecule has 0 bridgehead atoms. The average molecular weight is 627 g/mol. The van der Waals surface area contributed by atoms with Gasteiger partial charge < -0.3 is 16.0 Å². The van der Waals surface area contributed by atoms with E-state index in [1.54, 1.807) is 24.4 Å². The molecule has 1 saturated heterocycles. The molecule has 1 aliphatic carbocycles. The van der Waals surface area contributed by atoms with Crippen LogP contribution in [0.15, 0.2) is 79.0 Å². The Hall–Kier alpha value is -4.50. The number of carbonyl (C=O) groups is 2. The van der Waals surface area contributed by atoms with Crippen molar-refractivity contribution in [1.29, 1.82) is 0 Å². The highest BCUT2D eigenvalue weighted by Gasteiger charge is 2.41. The van der Waals surface area contributed by atoms with E-state index < -0.39 is 24.5 Å². The molecule has 1 aliphatic heterocycles. The Balaban J connectivity index is 1.62. The standard InChI is InChI=1S/C37H37F3N4O2/c1-2-3-14-27-31-28(25-15-7-8-16-26(25)32(31)36(46)43-22-37(38,39)40)21-29(34(27)44-20-10-9-18-30(44)41)35(45)33-24(17-11-19-42-33)23-12-5-4-6-13-23/h4-8,11-13,15-17,19,21,30,32H,2-3,9-10,14,18,20,22,41H2,1H3,(H,43,46). The fraction of sp³-hybridized carbons (Fsp3) is 0.324. The normalized spacial score (nSPS) is 17.4. The van der Waals surface area contributed by atoms with Gasteiger partial charge in [0, 0.05) is 23.9 Å². The first kappa shape index (κ1) is 31.5. The number of ketones is 1. The molecule has 1 fully saturated rings. The van der Waals surface area contributed by atoms with Gasteiger partial charge in [0.1, 0.15) is 12.2 Å². The molecule has 2 aliphatic rings. The van der Waals surface area contributed by atoms with Crippen LogP contribution in [0.25, 0.3) is 22.3 Å². The fourth-order valence-electron chi connectivity index (χ4n) is 6.91. The van der Waals surface area contributed by atoms with E-state index in [-0.39, 0.29) is 11.9 Å². The van der Waals surface area contributed by atoms with Gasteiger partial charge in [0.15, 0.2) is 0 Å². The summed E-state index contributed by atoms with van der Waals surface area (Å²) in [6.07, 6.45) is 1.37. The first-order valence-electron chi connectivity index (χ1n) is 15.9. The van der Waals surface area contributed by atoms with Crippen LogP contribution in [-0.4, -0.2) is 42.1 Å². The Morgan fingerprint density at radius 1 is 0.978 bits per heavy atom. The van der Waals surface area contributed by atoms with Crippen LogP contribution in [0.3, 0.4) is 0 Å². The second-order valence-corrected chi connectivity index (χ2v) is 12.0. The van der Waals surface area contributed by atoms with Crippen LogP contribution in [-0.2, 0) is 11.2 Å². The zero-order chi connectivity index (χ0) is 32.4. The SMILES string of the molecule is CCCCc1c2c(cc(C(=O)c3ncccc3-c3ccccc3)c1N1CCCCC1N)-c1ccccc1C2C(=O)NCC(F)(F)F. The number of hydrogen-bond acceptors (Lipinski definition) is 5. The van der Waals surface area contributed by atoms with Crippen molar-refractivity contribution in [3.05, 3.63) is 107 Å². The van der Waals surface area contributed by atoms with Crippen molar-refractivity contribution in [3.63, 3.8) is 0 Å². The number of rotatable bonds is 9.